The van der Waals surface area contributed by atoms with E-state index >= 15 is 0 Å². The summed E-state index contributed by atoms with van der Waals surface area (Å²) in [5.74, 6) is 0.671. The van der Waals surface area contributed by atoms with E-state index in [-0.39, 0.29) is 0 Å². The van der Waals surface area contributed by atoms with Crippen LogP contribution < -0.4 is 0 Å². The topological polar surface area (TPSA) is 80.2 Å². The summed E-state index contributed by atoms with van der Waals surface area (Å²) in [4.78, 5) is 1.08. The highest BCUT2D eigenvalue weighted by Gasteiger charge is 2.06. The summed E-state index contributed by atoms with van der Waals surface area (Å²) < 4.78 is 3.81. The van der Waals surface area contributed by atoms with Gasteiger partial charge in [0.25, 0.3) is 0 Å². The highest BCUT2D eigenvalue weighted by molar-refractivity contribution is 7.05. The molecule has 6 nitrogen and oxygen atoms in total. The molecule has 0 saturated carbocycles. The van der Waals surface area contributed by atoms with E-state index in [9.17, 15) is 0 Å². The summed E-state index contributed by atoms with van der Waals surface area (Å²) in [7, 11) is 0. The van der Waals surface area contributed by atoms with Crippen LogP contribution in [-0.2, 0) is 6.42 Å². The standard InChI is InChI=1S/C5H6N6S/c1-3-4(12-11-6-3)2-5-7-9-10-8-5/h2H2,1H3,(H,7,8,9,10). The molecule has 2 heterocycles. The number of tetrazole rings is 1. The van der Waals surface area contributed by atoms with Gasteiger partial charge in [0.05, 0.1) is 10.6 Å². The Morgan fingerprint density at radius 3 is 2.92 bits per heavy atom. The maximum absolute atomic E-state index is 3.88. The van der Waals surface area contributed by atoms with Gasteiger partial charge in [0, 0.05) is 6.42 Å². The van der Waals surface area contributed by atoms with Gasteiger partial charge in [-0.2, -0.15) is 5.21 Å². The van der Waals surface area contributed by atoms with Gasteiger partial charge in [0.2, 0.25) is 0 Å². The number of nitrogens with zero attached hydrogens (tertiary/aromatic N) is 5. The van der Waals surface area contributed by atoms with Gasteiger partial charge < -0.3 is 0 Å². The fraction of sp³-hybridized carbons (Fsp3) is 0.400. The minimum Gasteiger partial charge on any atom is -0.177 e. The quantitative estimate of drug-likeness (QED) is 0.704. The number of rotatable bonds is 2. The molecule has 0 aliphatic carbocycles. The Morgan fingerprint density at radius 1 is 1.42 bits per heavy atom. The SMILES string of the molecule is Cc1nnsc1Cc1nn[nH]n1. The number of H-pyrrole nitrogens is 1. The van der Waals surface area contributed by atoms with Crippen LogP contribution in [0.4, 0.5) is 0 Å². The third kappa shape index (κ3) is 1.30. The number of aryl methyl sites for hydroxylation is 1. The first-order valence-corrected chi connectivity index (χ1v) is 4.14. The molecule has 0 bridgehead atoms. The maximum Gasteiger partial charge on any atom is 0.179 e. The molecule has 0 fully saturated rings. The van der Waals surface area contributed by atoms with Gasteiger partial charge in [-0.05, 0) is 18.5 Å². The van der Waals surface area contributed by atoms with Crippen LogP contribution in [-0.4, -0.2) is 30.2 Å². The zero-order chi connectivity index (χ0) is 8.39. The average molecular weight is 182 g/mol. The molecule has 1 N–H and O–H groups in total. The average Bonchev–Trinajstić information content (AvgIpc) is 2.65. The maximum atomic E-state index is 3.88. The first-order valence-electron chi connectivity index (χ1n) is 3.36. The van der Waals surface area contributed by atoms with Crippen LogP contribution in [0.1, 0.15) is 16.4 Å². The monoisotopic (exact) mass is 182 g/mol. The third-order valence-electron chi connectivity index (χ3n) is 1.45. The molecule has 0 aliphatic rings. The summed E-state index contributed by atoms with van der Waals surface area (Å²) in [5.41, 5.74) is 0.935. The lowest BCUT2D eigenvalue weighted by Crippen LogP contribution is -1.90. The Kier molecular flexibility index (Phi) is 1.78. The Labute approximate surface area is 72.2 Å². The van der Waals surface area contributed by atoms with Crippen LogP contribution in [0.2, 0.25) is 0 Å². The van der Waals surface area contributed by atoms with Gasteiger partial charge in [-0.1, -0.05) is 9.70 Å². The Balaban J connectivity index is 2.20. The summed E-state index contributed by atoms with van der Waals surface area (Å²) in [6.45, 7) is 1.92. The number of hydrogen-bond donors (Lipinski definition) is 1. The lowest BCUT2D eigenvalue weighted by atomic mass is 10.3. The van der Waals surface area contributed by atoms with Crippen LogP contribution in [0.3, 0.4) is 0 Å². The van der Waals surface area contributed by atoms with E-state index in [1.54, 1.807) is 0 Å². The molecule has 0 aliphatic heterocycles. The molecule has 12 heavy (non-hydrogen) atoms. The molecule has 0 amide bonds. The molecule has 2 aromatic heterocycles. The zero-order valence-electron chi connectivity index (χ0n) is 6.35. The van der Waals surface area contributed by atoms with Crippen LogP contribution >= 0.6 is 11.5 Å². The molecular formula is C5H6N6S. The summed E-state index contributed by atoms with van der Waals surface area (Å²) >= 11 is 1.36. The van der Waals surface area contributed by atoms with Crippen molar-refractivity contribution >= 4 is 11.5 Å². The number of aromatic nitrogens is 6. The number of hydrogen-bond acceptors (Lipinski definition) is 6. The first-order chi connectivity index (χ1) is 5.86. The molecule has 7 heteroatoms. The minimum absolute atomic E-state index is 0.653. The second-order valence-corrected chi connectivity index (χ2v) is 3.13. The van der Waals surface area contributed by atoms with Crippen molar-refractivity contribution < 1.29 is 0 Å². The molecular weight excluding hydrogens is 176 g/mol. The van der Waals surface area contributed by atoms with Gasteiger partial charge in [0.15, 0.2) is 5.82 Å². The Hall–Kier alpha value is -1.37. The number of nitrogens with one attached hydrogen (secondary N) is 1. The highest BCUT2D eigenvalue weighted by Crippen LogP contribution is 2.11. The van der Waals surface area contributed by atoms with E-state index in [0.717, 1.165) is 10.6 Å². The Morgan fingerprint density at radius 2 is 2.33 bits per heavy atom. The molecule has 0 spiro atoms. The molecule has 0 atom stereocenters. The molecule has 0 saturated heterocycles. The van der Waals surface area contributed by atoms with E-state index < -0.39 is 0 Å². The van der Waals surface area contributed by atoms with Crippen molar-refractivity contribution in [2.24, 2.45) is 0 Å². The van der Waals surface area contributed by atoms with Crippen LogP contribution in [0.25, 0.3) is 0 Å². The number of aromatic amines is 1. The van der Waals surface area contributed by atoms with Gasteiger partial charge in [0.1, 0.15) is 0 Å². The second kappa shape index (κ2) is 2.94. The van der Waals surface area contributed by atoms with Gasteiger partial charge in [-0.25, -0.2) is 0 Å². The van der Waals surface area contributed by atoms with E-state index in [1.807, 2.05) is 6.92 Å². The minimum atomic E-state index is 0.653. The second-order valence-electron chi connectivity index (χ2n) is 2.29. The van der Waals surface area contributed by atoms with Gasteiger partial charge >= 0.3 is 0 Å². The summed E-state index contributed by atoms with van der Waals surface area (Å²) in [6, 6.07) is 0. The smallest absolute Gasteiger partial charge is 0.177 e. The molecule has 2 aromatic rings. The van der Waals surface area contributed by atoms with E-state index in [0.29, 0.717) is 12.2 Å². The summed E-state index contributed by atoms with van der Waals surface area (Å²) in [6.07, 6.45) is 0.653. The largest absolute Gasteiger partial charge is 0.179 e. The normalized spacial score (nSPS) is 10.4. The van der Waals surface area contributed by atoms with Crippen molar-refractivity contribution in [3.8, 4) is 0 Å². The van der Waals surface area contributed by atoms with Crippen molar-refractivity contribution in [3.63, 3.8) is 0 Å². The van der Waals surface area contributed by atoms with Crippen LogP contribution in [0.15, 0.2) is 0 Å². The fourth-order valence-electron chi connectivity index (χ4n) is 0.814. The fourth-order valence-corrected chi connectivity index (χ4v) is 1.44. The van der Waals surface area contributed by atoms with Gasteiger partial charge in [-0.3, -0.25) is 0 Å². The van der Waals surface area contributed by atoms with E-state index in [4.69, 9.17) is 0 Å². The zero-order valence-corrected chi connectivity index (χ0v) is 7.17. The molecule has 2 rings (SSSR count). The van der Waals surface area contributed by atoms with Crippen molar-refractivity contribution in [2.75, 3.05) is 0 Å². The highest BCUT2D eigenvalue weighted by atomic mass is 32.1. The molecule has 0 aromatic carbocycles. The van der Waals surface area contributed by atoms with Crippen molar-refractivity contribution in [1.82, 2.24) is 30.2 Å². The van der Waals surface area contributed by atoms with Crippen molar-refractivity contribution in [1.29, 1.82) is 0 Å². The third-order valence-corrected chi connectivity index (χ3v) is 2.28. The predicted octanol–water partition coefficient (Wildman–Crippen LogP) is -0.0496. The molecule has 62 valence electrons. The predicted molar refractivity (Wildman–Crippen MR) is 41.6 cm³/mol. The van der Waals surface area contributed by atoms with E-state index in [2.05, 4.69) is 30.2 Å². The lowest BCUT2D eigenvalue weighted by Gasteiger charge is -1.88. The molecule has 0 unspecified atom stereocenters. The van der Waals surface area contributed by atoms with Gasteiger partial charge in [-0.15, -0.1) is 15.3 Å². The van der Waals surface area contributed by atoms with Crippen LogP contribution in [0.5, 0.6) is 0 Å². The Bertz CT molecular complexity index is 352. The molecule has 0 radical (unpaired) electrons. The van der Waals surface area contributed by atoms with Crippen LogP contribution in [0, 0.1) is 6.92 Å². The lowest BCUT2D eigenvalue weighted by molar-refractivity contribution is 0.881. The summed E-state index contributed by atoms with van der Waals surface area (Å²) in [5, 5.41) is 17.4. The van der Waals surface area contributed by atoms with Crippen molar-refractivity contribution in [2.45, 2.75) is 13.3 Å². The first kappa shape index (κ1) is 7.29. The van der Waals surface area contributed by atoms with Crippen molar-refractivity contribution in [3.05, 3.63) is 16.4 Å². The van der Waals surface area contributed by atoms with E-state index in [1.165, 1.54) is 11.5 Å².